The number of carboxylic acid groups (broad SMARTS) is 1. The van der Waals surface area contributed by atoms with Crippen LogP contribution in [-0.4, -0.2) is 53.7 Å². The number of amides is 1. The molecule has 1 aromatic carbocycles. The Balaban J connectivity index is 1.71. The predicted molar refractivity (Wildman–Crippen MR) is 103 cm³/mol. The average Bonchev–Trinajstić information content (AvgIpc) is 3.12. The molecular weight excluding hydrogens is 364 g/mol. The number of carbonyl (C=O) groups is 2. The van der Waals surface area contributed by atoms with Crippen LogP contribution in [0.15, 0.2) is 29.6 Å². The molecule has 1 aromatic heterocycles. The number of ether oxygens (including phenoxy) is 1. The lowest BCUT2D eigenvalue weighted by atomic mass is 9.80. The molecule has 0 saturated carbocycles. The zero-order valence-electron chi connectivity index (χ0n) is 15.6. The number of aromatic nitrogens is 1. The van der Waals surface area contributed by atoms with Crippen LogP contribution < -0.4 is 0 Å². The van der Waals surface area contributed by atoms with Gasteiger partial charge in [0.1, 0.15) is 11.1 Å². The SMILES string of the molecule is COCC1(C(=O)O)CCCN(C(=O)c2csc(Cc3ccc(C)cc3)n2)C1. The molecule has 6 nitrogen and oxygen atoms in total. The fourth-order valence-corrected chi connectivity index (χ4v) is 4.27. The van der Waals surface area contributed by atoms with Crippen LogP contribution in [-0.2, 0) is 16.0 Å². The first kappa shape index (κ1) is 19.5. The van der Waals surface area contributed by atoms with Gasteiger partial charge in [0.15, 0.2) is 0 Å². The number of thiazole rings is 1. The summed E-state index contributed by atoms with van der Waals surface area (Å²) in [7, 11) is 1.49. The number of nitrogens with zero attached hydrogens (tertiary/aromatic N) is 2. The molecule has 3 rings (SSSR count). The third-order valence-corrected chi connectivity index (χ3v) is 5.83. The Morgan fingerprint density at radius 2 is 2.07 bits per heavy atom. The molecule has 1 aliphatic rings. The van der Waals surface area contributed by atoms with Gasteiger partial charge in [-0.15, -0.1) is 11.3 Å². The quantitative estimate of drug-likeness (QED) is 0.823. The third-order valence-electron chi connectivity index (χ3n) is 4.99. The molecule has 7 heteroatoms. The number of rotatable bonds is 6. The van der Waals surface area contributed by atoms with Crippen molar-refractivity contribution in [3.63, 3.8) is 0 Å². The number of hydrogen-bond acceptors (Lipinski definition) is 5. The van der Waals surface area contributed by atoms with Crippen molar-refractivity contribution in [3.05, 3.63) is 51.5 Å². The van der Waals surface area contributed by atoms with E-state index < -0.39 is 11.4 Å². The second-order valence-electron chi connectivity index (χ2n) is 7.14. The Labute approximate surface area is 162 Å². The second kappa shape index (κ2) is 8.19. The molecule has 27 heavy (non-hydrogen) atoms. The highest BCUT2D eigenvalue weighted by molar-refractivity contribution is 7.09. The molecule has 2 aromatic rings. The molecule has 2 heterocycles. The summed E-state index contributed by atoms with van der Waals surface area (Å²) in [6.07, 6.45) is 1.83. The molecule has 1 saturated heterocycles. The summed E-state index contributed by atoms with van der Waals surface area (Å²) in [6, 6.07) is 8.25. The van der Waals surface area contributed by atoms with Crippen molar-refractivity contribution >= 4 is 23.2 Å². The smallest absolute Gasteiger partial charge is 0.313 e. The van der Waals surface area contributed by atoms with Gasteiger partial charge in [0.05, 0.1) is 11.6 Å². The van der Waals surface area contributed by atoms with Gasteiger partial charge < -0.3 is 14.7 Å². The van der Waals surface area contributed by atoms with E-state index in [4.69, 9.17) is 4.74 Å². The van der Waals surface area contributed by atoms with Gasteiger partial charge in [-0.1, -0.05) is 29.8 Å². The Hall–Kier alpha value is -2.25. The summed E-state index contributed by atoms with van der Waals surface area (Å²) in [6.45, 7) is 2.84. The Morgan fingerprint density at radius 3 is 2.74 bits per heavy atom. The number of likely N-dealkylation sites (tertiary alicyclic amines) is 1. The summed E-state index contributed by atoms with van der Waals surface area (Å²) in [5.41, 5.74) is 1.71. The molecule has 1 N–H and O–H groups in total. The molecule has 1 aliphatic heterocycles. The van der Waals surface area contributed by atoms with Crippen molar-refractivity contribution in [1.82, 2.24) is 9.88 Å². The van der Waals surface area contributed by atoms with Crippen molar-refractivity contribution in [2.24, 2.45) is 5.41 Å². The number of methoxy groups -OCH3 is 1. The van der Waals surface area contributed by atoms with E-state index >= 15 is 0 Å². The molecule has 1 unspecified atom stereocenters. The summed E-state index contributed by atoms with van der Waals surface area (Å²) in [5.74, 6) is -1.12. The zero-order chi connectivity index (χ0) is 19.4. The van der Waals surface area contributed by atoms with Crippen molar-refractivity contribution in [3.8, 4) is 0 Å². The summed E-state index contributed by atoms with van der Waals surface area (Å²) in [4.78, 5) is 30.7. The van der Waals surface area contributed by atoms with Gasteiger partial charge in [0.2, 0.25) is 0 Å². The number of aliphatic carboxylic acids is 1. The molecule has 0 aliphatic carbocycles. The lowest BCUT2D eigenvalue weighted by Crippen LogP contribution is -2.52. The van der Waals surface area contributed by atoms with Crippen LogP contribution in [0.3, 0.4) is 0 Å². The van der Waals surface area contributed by atoms with Crippen LogP contribution in [0, 0.1) is 12.3 Å². The molecular formula is C20H24N2O4S. The van der Waals surface area contributed by atoms with E-state index in [0.29, 0.717) is 31.5 Å². The van der Waals surface area contributed by atoms with Crippen molar-refractivity contribution in [2.75, 3.05) is 26.8 Å². The number of carboxylic acids is 1. The molecule has 144 valence electrons. The minimum atomic E-state index is -1.04. The highest BCUT2D eigenvalue weighted by Crippen LogP contribution is 2.31. The van der Waals surface area contributed by atoms with Crippen molar-refractivity contribution in [1.29, 1.82) is 0 Å². The van der Waals surface area contributed by atoms with E-state index in [1.54, 1.807) is 10.3 Å². The Morgan fingerprint density at radius 1 is 1.33 bits per heavy atom. The van der Waals surface area contributed by atoms with Crippen molar-refractivity contribution in [2.45, 2.75) is 26.2 Å². The second-order valence-corrected chi connectivity index (χ2v) is 8.08. The van der Waals surface area contributed by atoms with Gasteiger partial charge >= 0.3 is 5.97 Å². The summed E-state index contributed by atoms with van der Waals surface area (Å²) < 4.78 is 5.13. The Bertz CT molecular complexity index is 814. The Kier molecular flexibility index (Phi) is 5.92. The molecule has 1 amide bonds. The fourth-order valence-electron chi connectivity index (χ4n) is 3.47. The minimum absolute atomic E-state index is 0.0991. The fraction of sp³-hybridized carbons (Fsp3) is 0.450. The van der Waals surface area contributed by atoms with Gasteiger partial charge in [-0.3, -0.25) is 9.59 Å². The normalized spacial score (nSPS) is 19.9. The topological polar surface area (TPSA) is 79.7 Å². The van der Waals surface area contributed by atoms with Gasteiger partial charge in [-0.05, 0) is 25.3 Å². The number of aryl methyl sites for hydroxylation is 1. The number of hydrogen-bond donors (Lipinski definition) is 1. The average molecular weight is 388 g/mol. The minimum Gasteiger partial charge on any atom is -0.481 e. The number of benzene rings is 1. The lowest BCUT2D eigenvalue weighted by molar-refractivity contribution is -0.155. The van der Waals surface area contributed by atoms with Crippen LogP contribution in [0.25, 0.3) is 0 Å². The standard InChI is InChI=1S/C20H24N2O4S/c1-14-4-6-15(7-5-14)10-17-21-16(11-27-17)18(23)22-9-3-8-20(12-22,13-26-2)19(24)25/h4-7,11H,3,8-10,12-13H2,1-2H3,(H,24,25). The molecule has 0 radical (unpaired) electrons. The van der Waals surface area contributed by atoms with Gasteiger partial charge in [0.25, 0.3) is 5.91 Å². The van der Waals surface area contributed by atoms with Gasteiger partial charge in [-0.2, -0.15) is 0 Å². The maximum Gasteiger partial charge on any atom is 0.313 e. The van der Waals surface area contributed by atoms with E-state index in [-0.39, 0.29) is 19.1 Å². The predicted octanol–water partition coefficient (Wildman–Crippen LogP) is 3.00. The van der Waals surface area contributed by atoms with Crippen LogP contribution in [0.2, 0.25) is 0 Å². The maximum absolute atomic E-state index is 12.9. The largest absolute Gasteiger partial charge is 0.481 e. The highest BCUT2D eigenvalue weighted by Gasteiger charge is 2.44. The molecule has 1 atom stereocenters. The van der Waals surface area contributed by atoms with E-state index in [0.717, 1.165) is 10.6 Å². The maximum atomic E-state index is 12.9. The van der Waals surface area contributed by atoms with E-state index in [1.807, 2.05) is 6.92 Å². The van der Waals surface area contributed by atoms with Crippen LogP contribution in [0.4, 0.5) is 0 Å². The van der Waals surface area contributed by atoms with Crippen LogP contribution in [0.1, 0.15) is 39.5 Å². The molecule has 0 spiro atoms. The monoisotopic (exact) mass is 388 g/mol. The summed E-state index contributed by atoms with van der Waals surface area (Å²) >= 11 is 1.46. The first-order valence-electron chi connectivity index (χ1n) is 8.95. The molecule has 1 fully saturated rings. The van der Waals surface area contributed by atoms with Crippen LogP contribution >= 0.6 is 11.3 Å². The van der Waals surface area contributed by atoms with E-state index in [2.05, 4.69) is 29.2 Å². The highest BCUT2D eigenvalue weighted by atomic mass is 32.1. The number of carbonyl (C=O) groups excluding carboxylic acids is 1. The van der Waals surface area contributed by atoms with Gasteiger partial charge in [0, 0.05) is 32.0 Å². The van der Waals surface area contributed by atoms with Crippen LogP contribution in [0.5, 0.6) is 0 Å². The lowest BCUT2D eigenvalue weighted by Gasteiger charge is -2.39. The zero-order valence-corrected chi connectivity index (χ0v) is 16.4. The first-order valence-corrected chi connectivity index (χ1v) is 9.83. The first-order chi connectivity index (χ1) is 12.9. The third kappa shape index (κ3) is 4.36. The van der Waals surface area contributed by atoms with Gasteiger partial charge in [-0.25, -0.2) is 4.98 Å². The molecule has 0 bridgehead atoms. The van der Waals surface area contributed by atoms with Crippen molar-refractivity contribution < 1.29 is 19.4 Å². The van der Waals surface area contributed by atoms with E-state index in [1.165, 1.54) is 24.0 Å². The summed E-state index contributed by atoms with van der Waals surface area (Å²) in [5, 5.41) is 12.3. The number of piperidine rings is 1. The van der Waals surface area contributed by atoms with E-state index in [9.17, 15) is 14.7 Å².